The van der Waals surface area contributed by atoms with Gasteiger partial charge in [0.05, 0.1) is 6.54 Å². The molecule has 0 saturated heterocycles. The lowest BCUT2D eigenvalue weighted by Crippen LogP contribution is -2.18. The molecule has 1 aliphatic rings. The van der Waals surface area contributed by atoms with Crippen molar-refractivity contribution in [3.63, 3.8) is 0 Å². The minimum absolute atomic E-state index is 0.192. The molecule has 1 aromatic rings. The van der Waals surface area contributed by atoms with E-state index < -0.39 is 0 Å². The molecule has 4 heteroatoms. The Kier molecular flexibility index (Phi) is 3.83. The van der Waals surface area contributed by atoms with Crippen molar-refractivity contribution in [2.24, 2.45) is 4.99 Å². The summed E-state index contributed by atoms with van der Waals surface area (Å²) in [7, 11) is 0. The number of aliphatic imine (C=N–C) groups is 1. The van der Waals surface area contributed by atoms with Crippen molar-refractivity contribution in [3.05, 3.63) is 35.6 Å². The lowest BCUT2D eigenvalue weighted by molar-refractivity contribution is 0.627. The number of nitrogens with zero attached hydrogens (tertiary/aromatic N) is 1. The van der Waals surface area contributed by atoms with Gasteiger partial charge in [0, 0.05) is 11.8 Å². The van der Waals surface area contributed by atoms with Crippen LogP contribution in [0.15, 0.2) is 29.3 Å². The predicted octanol–water partition coefficient (Wildman–Crippen LogP) is 2.80. The molecule has 0 aliphatic carbocycles. The first-order valence-electron chi connectivity index (χ1n) is 5.47. The summed E-state index contributed by atoms with van der Waals surface area (Å²) in [5.74, 6) is -0.192. The van der Waals surface area contributed by atoms with Gasteiger partial charge < -0.3 is 5.32 Å². The van der Waals surface area contributed by atoms with Crippen LogP contribution in [0.1, 0.15) is 18.9 Å². The van der Waals surface area contributed by atoms with Gasteiger partial charge in [0.25, 0.3) is 0 Å². The number of hydrogen-bond donors (Lipinski definition) is 1. The highest BCUT2D eigenvalue weighted by atomic mass is 32.2. The zero-order valence-corrected chi connectivity index (χ0v) is 10.1. The first-order chi connectivity index (χ1) is 7.78. The fraction of sp³-hybridized carbons (Fsp3) is 0.417. The molecule has 1 aliphatic heterocycles. The fourth-order valence-electron chi connectivity index (χ4n) is 1.51. The second-order valence-electron chi connectivity index (χ2n) is 3.77. The van der Waals surface area contributed by atoms with E-state index in [1.807, 2.05) is 0 Å². The predicted molar refractivity (Wildman–Crippen MR) is 67.2 cm³/mol. The van der Waals surface area contributed by atoms with Crippen LogP contribution in [0.5, 0.6) is 0 Å². The van der Waals surface area contributed by atoms with Crippen LogP contribution in [-0.4, -0.2) is 17.0 Å². The van der Waals surface area contributed by atoms with Crippen molar-refractivity contribution in [1.29, 1.82) is 0 Å². The molecule has 2 rings (SSSR count). The van der Waals surface area contributed by atoms with Crippen LogP contribution < -0.4 is 5.32 Å². The lowest BCUT2D eigenvalue weighted by Gasteiger charge is -2.06. The van der Waals surface area contributed by atoms with E-state index >= 15 is 0 Å². The zero-order chi connectivity index (χ0) is 11.4. The van der Waals surface area contributed by atoms with Gasteiger partial charge in [-0.3, -0.25) is 4.99 Å². The Morgan fingerprint density at radius 1 is 1.44 bits per heavy atom. The van der Waals surface area contributed by atoms with Gasteiger partial charge in [-0.05, 0) is 24.1 Å². The maximum Gasteiger partial charge on any atom is 0.157 e. The Morgan fingerprint density at radius 2 is 2.19 bits per heavy atom. The molecule has 1 aromatic carbocycles. The summed E-state index contributed by atoms with van der Waals surface area (Å²) in [4.78, 5) is 4.42. The molecule has 16 heavy (non-hydrogen) atoms. The summed E-state index contributed by atoms with van der Waals surface area (Å²) >= 11 is 1.80. The average molecular weight is 238 g/mol. The number of nitrogens with one attached hydrogen (secondary N) is 1. The number of halogens is 1. The number of benzene rings is 1. The molecule has 0 spiro atoms. The first kappa shape index (κ1) is 11.5. The molecule has 0 saturated carbocycles. The molecule has 0 amide bonds. The molecule has 0 bridgehead atoms. The van der Waals surface area contributed by atoms with Crippen LogP contribution in [0.4, 0.5) is 4.39 Å². The summed E-state index contributed by atoms with van der Waals surface area (Å²) in [6, 6.07) is 6.55. The molecule has 1 heterocycles. The van der Waals surface area contributed by atoms with Crippen molar-refractivity contribution in [2.45, 2.75) is 25.1 Å². The first-order valence-corrected chi connectivity index (χ1v) is 6.35. The molecule has 1 atom stereocenters. The average Bonchev–Trinajstić information content (AvgIpc) is 2.76. The number of rotatable bonds is 3. The fourth-order valence-corrected chi connectivity index (χ4v) is 2.44. The summed E-state index contributed by atoms with van der Waals surface area (Å²) in [6.45, 7) is 3.80. The minimum atomic E-state index is -0.192. The van der Waals surface area contributed by atoms with Gasteiger partial charge in [-0.1, -0.05) is 30.8 Å². The largest absolute Gasteiger partial charge is 0.361 e. The molecule has 1 N–H and O–H groups in total. The maximum atomic E-state index is 12.7. The second-order valence-corrected chi connectivity index (χ2v) is 5.06. The van der Waals surface area contributed by atoms with Crippen molar-refractivity contribution < 1.29 is 4.39 Å². The molecule has 2 nitrogen and oxygen atoms in total. The maximum absolute atomic E-state index is 12.7. The van der Waals surface area contributed by atoms with Gasteiger partial charge in [-0.25, -0.2) is 4.39 Å². The van der Waals surface area contributed by atoms with E-state index in [2.05, 4.69) is 17.2 Å². The third kappa shape index (κ3) is 2.98. The van der Waals surface area contributed by atoms with E-state index in [1.54, 1.807) is 23.9 Å². The lowest BCUT2D eigenvalue weighted by atomic mass is 10.2. The molecule has 0 fully saturated rings. The normalized spacial score (nSPS) is 19.6. The molecule has 0 aromatic heterocycles. The minimum Gasteiger partial charge on any atom is -0.361 e. The van der Waals surface area contributed by atoms with Crippen LogP contribution in [0.25, 0.3) is 0 Å². The summed E-state index contributed by atoms with van der Waals surface area (Å²) in [5.41, 5.74) is 1.07. The zero-order valence-electron chi connectivity index (χ0n) is 9.24. The Bertz CT molecular complexity index is 375. The van der Waals surface area contributed by atoms with E-state index in [-0.39, 0.29) is 5.82 Å². The van der Waals surface area contributed by atoms with Gasteiger partial charge in [0.2, 0.25) is 0 Å². The molecule has 86 valence electrons. The summed E-state index contributed by atoms with van der Waals surface area (Å²) in [6.07, 6.45) is 1.15. The quantitative estimate of drug-likeness (QED) is 0.875. The van der Waals surface area contributed by atoms with Crippen LogP contribution in [-0.2, 0) is 6.54 Å². The molecular formula is C12H15FN2S. The topological polar surface area (TPSA) is 24.4 Å². The number of hydrogen-bond acceptors (Lipinski definition) is 3. The number of thioether (sulfide) groups is 1. The Morgan fingerprint density at radius 3 is 2.81 bits per heavy atom. The van der Waals surface area contributed by atoms with Crippen LogP contribution in [0.3, 0.4) is 0 Å². The van der Waals surface area contributed by atoms with Gasteiger partial charge in [0.1, 0.15) is 5.82 Å². The van der Waals surface area contributed by atoms with Crippen molar-refractivity contribution in [2.75, 3.05) is 6.54 Å². The SMILES string of the molecule is CCC1CN=C(NCc2ccc(F)cc2)S1. The van der Waals surface area contributed by atoms with Crippen molar-refractivity contribution >= 4 is 16.9 Å². The Labute approximate surface area is 99.3 Å². The number of amidine groups is 1. The molecule has 1 unspecified atom stereocenters. The highest BCUT2D eigenvalue weighted by molar-refractivity contribution is 8.14. The standard InChI is InChI=1S/C12H15FN2S/c1-2-11-8-15-12(16-11)14-7-9-3-5-10(13)6-4-9/h3-6,11H,2,7-8H2,1H3,(H,14,15). The smallest absolute Gasteiger partial charge is 0.157 e. The van der Waals surface area contributed by atoms with Gasteiger partial charge in [-0.15, -0.1) is 0 Å². The monoisotopic (exact) mass is 238 g/mol. The van der Waals surface area contributed by atoms with Gasteiger partial charge in [-0.2, -0.15) is 0 Å². The summed E-state index contributed by atoms with van der Waals surface area (Å²) in [5, 5.41) is 4.90. The van der Waals surface area contributed by atoms with Crippen molar-refractivity contribution in [3.8, 4) is 0 Å². The molecular weight excluding hydrogens is 223 g/mol. The van der Waals surface area contributed by atoms with Gasteiger partial charge >= 0.3 is 0 Å². The van der Waals surface area contributed by atoms with Crippen LogP contribution in [0.2, 0.25) is 0 Å². The second kappa shape index (κ2) is 5.34. The molecule has 0 radical (unpaired) electrons. The Hall–Kier alpha value is -1.03. The highest BCUT2D eigenvalue weighted by Crippen LogP contribution is 2.22. The van der Waals surface area contributed by atoms with E-state index in [0.717, 1.165) is 23.7 Å². The van der Waals surface area contributed by atoms with Crippen LogP contribution in [0, 0.1) is 5.82 Å². The van der Waals surface area contributed by atoms with Crippen molar-refractivity contribution in [1.82, 2.24) is 5.32 Å². The summed E-state index contributed by atoms with van der Waals surface area (Å²) < 4.78 is 12.7. The highest BCUT2D eigenvalue weighted by Gasteiger charge is 2.16. The van der Waals surface area contributed by atoms with E-state index in [1.165, 1.54) is 12.1 Å². The van der Waals surface area contributed by atoms with E-state index in [9.17, 15) is 4.39 Å². The Balaban J connectivity index is 1.82. The van der Waals surface area contributed by atoms with Gasteiger partial charge in [0.15, 0.2) is 5.17 Å². The third-order valence-corrected chi connectivity index (χ3v) is 3.84. The van der Waals surface area contributed by atoms with E-state index in [0.29, 0.717) is 11.8 Å². The third-order valence-electron chi connectivity index (χ3n) is 2.53. The van der Waals surface area contributed by atoms with Crippen LogP contribution >= 0.6 is 11.8 Å². The van der Waals surface area contributed by atoms with E-state index in [4.69, 9.17) is 0 Å².